The van der Waals surface area contributed by atoms with Gasteiger partial charge in [0.1, 0.15) is 0 Å². The van der Waals surface area contributed by atoms with Gasteiger partial charge in [0.15, 0.2) is 0 Å². The van der Waals surface area contributed by atoms with Crippen molar-refractivity contribution in [3.8, 4) is 0 Å². The molecule has 1 fully saturated rings. The Hall–Kier alpha value is -0.870. The van der Waals surface area contributed by atoms with Crippen LogP contribution in [0.4, 0.5) is 0 Å². The third kappa shape index (κ3) is 2.21. The Morgan fingerprint density at radius 1 is 1.67 bits per heavy atom. The highest BCUT2D eigenvalue weighted by atomic mass is 16.3. The van der Waals surface area contributed by atoms with Crippen molar-refractivity contribution in [3.63, 3.8) is 0 Å². The Labute approximate surface area is 90.1 Å². The van der Waals surface area contributed by atoms with Gasteiger partial charge in [-0.1, -0.05) is 0 Å². The summed E-state index contributed by atoms with van der Waals surface area (Å²) >= 11 is 0. The molecule has 1 aromatic heterocycles. The van der Waals surface area contributed by atoms with Crippen LogP contribution >= 0.6 is 0 Å². The number of nitrogens with one attached hydrogen (secondary N) is 2. The van der Waals surface area contributed by atoms with Crippen molar-refractivity contribution >= 4 is 0 Å². The summed E-state index contributed by atoms with van der Waals surface area (Å²) in [6, 6.07) is 0.299. The average molecular weight is 209 g/mol. The fourth-order valence-electron chi connectivity index (χ4n) is 1.84. The number of rotatable bonds is 5. The van der Waals surface area contributed by atoms with Gasteiger partial charge in [0, 0.05) is 35.9 Å². The Kier molecular flexibility index (Phi) is 2.80. The van der Waals surface area contributed by atoms with E-state index in [0.29, 0.717) is 12.6 Å². The van der Waals surface area contributed by atoms with E-state index in [2.05, 4.69) is 22.4 Å². The van der Waals surface area contributed by atoms with Gasteiger partial charge in [0.25, 0.3) is 0 Å². The maximum atomic E-state index is 9.20. The molecule has 15 heavy (non-hydrogen) atoms. The van der Waals surface area contributed by atoms with E-state index in [-0.39, 0.29) is 5.41 Å². The summed E-state index contributed by atoms with van der Waals surface area (Å²) in [5.41, 5.74) is 2.50. The summed E-state index contributed by atoms with van der Waals surface area (Å²) in [5, 5.41) is 19.6. The van der Waals surface area contributed by atoms with Gasteiger partial charge < -0.3 is 10.4 Å². The summed E-state index contributed by atoms with van der Waals surface area (Å²) < 4.78 is 0. The fourth-order valence-corrected chi connectivity index (χ4v) is 1.84. The first-order chi connectivity index (χ1) is 7.17. The second kappa shape index (κ2) is 3.94. The second-order valence-electron chi connectivity index (χ2n) is 4.71. The predicted octanol–water partition coefficient (Wildman–Crippen LogP) is 1.14. The molecule has 0 radical (unpaired) electrons. The van der Waals surface area contributed by atoms with Crippen molar-refractivity contribution in [2.45, 2.75) is 32.7 Å². The van der Waals surface area contributed by atoms with Crippen molar-refractivity contribution in [1.82, 2.24) is 15.5 Å². The molecular formula is C11H19N3O. The van der Waals surface area contributed by atoms with Crippen LogP contribution in [-0.2, 0) is 0 Å². The zero-order valence-corrected chi connectivity index (χ0v) is 9.38. The number of aryl methyl sites for hydroxylation is 1. The lowest BCUT2D eigenvalue weighted by molar-refractivity contribution is 0.204. The summed E-state index contributed by atoms with van der Waals surface area (Å²) in [6.07, 6.45) is 4.16. The van der Waals surface area contributed by atoms with Crippen LogP contribution in [0.2, 0.25) is 0 Å². The third-order valence-electron chi connectivity index (χ3n) is 3.41. The molecule has 0 saturated heterocycles. The highest BCUT2D eigenvalue weighted by molar-refractivity contribution is 5.18. The van der Waals surface area contributed by atoms with Crippen molar-refractivity contribution in [1.29, 1.82) is 0 Å². The maximum Gasteiger partial charge on any atom is 0.0537 e. The molecule has 0 aromatic carbocycles. The number of aliphatic hydroxyl groups is 1. The number of hydrogen-bond donors (Lipinski definition) is 3. The van der Waals surface area contributed by atoms with Gasteiger partial charge in [-0.3, -0.25) is 5.10 Å². The van der Waals surface area contributed by atoms with E-state index < -0.39 is 0 Å². The molecule has 1 atom stereocenters. The zero-order valence-electron chi connectivity index (χ0n) is 9.38. The summed E-state index contributed by atoms with van der Waals surface area (Å²) in [7, 11) is 0. The Balaban J connectivity index is 1.88. The Morgan fingerprint density at radius 2 is 2.40 bits per heavy atom. The van der Waals surface area contributed by atoms with Crippen molar-refractivity contribution < 1.29 is 5.11 Å². The smallest absolute Gasteiger partial charge is 0.0537 e. The van der Waals surface area contributed by atoms with E-state index >= 15 is 0 Å². The van der Waals surface area contributed by atoms with Gasteiger partial charge in [0.2, 0.25) is 0 Å². The minimum Gasteiger partial charge on any atom is -0.396 e. The number of aliphatic hydroxyl groups excluding tert-OH is 1. The molecule has 1 heterocycles. The van der Waals surface area contributed by atoms with E-state index in [1.165, 1.54) is 5.56 Å². The Morgan fingerprint density at radius 3 is 2.87 bits per heavy atom. The summed E-state index contributed by atoms with van der Waals surface area (Å²) in [5.74, 6) is 0. The monoisotopic (exact) mass is 209 g/mol. The number of H-pyrrole nitrogens is 1. The third-order valence-corrected chi connectivity index (χ3v) is 3.41. The van der Waals surface area contributed by atoms with Gasteiger partial charge in [-0.15, -0.1) is 0 Å². The first kappa shape index (κ1) is 10.6. The summed E-state index contributed by atoms with van der Waals surface area (Å²) in [6.45, 7) is 5.36. The van der Waals surface area contributed by atoms with Crippen LogP contribution < -0.4 is 5.32 Å². The molecule has 0 spiro atoms. The number of aromatic nitrogens is 2. The van der Waals surface area contributed by atoms with E-state index in [9.17, 15) is 5.11 Å². The topological polar surface area (TPSA) is 60.9 Å². The van der Waals surface area contributed by atoms with Crippen molar-refractivity contribution in [2.75, 3.05) is 13.2 Å². The quantitative estimate of drug-likeness (QED) is 0.681. The lowest BCUT2D eigenvalue weighted by Gasteiger charge is -2.18. The molecule has 2 rings (SSSR count). The zero-order chi connectivity index (χ0) is 10.9. The molecule has 3 N–H and O–H groups in total. The lowest BCUT2D eigenvalue weighted by atomic mass is 10.1. The molecular weight excluding hydrogens is 190 g/mol. The van der Waals surface area contributed by atoms with E-state index in [0.717, 1.165) is 25.1 Å². The lowest BCUT2D eigenvalue weighted by Crippen LogP contribution is -2.28. The number of aromatic amines is 1. The second-order valence-corrected chi connectivity index (χ2v) is 4.71. The van der Waals surface area contributed by atoms with E-state index in [1.54, 1.807) is 0 Å². The highest BCUT2D eigenvalue weighted by Crippen LogP contribution is 2.44. The average Bonchev–Trinajstić information content (AvgIpc) is 2.91. The molecule has 1 aromatic rings. The van der Waals surface area contributed by atoms with Gasteiger partial charge in [-0.2, -0.15) is 5.10 Å². The predicted molar refractivity (Wildman–Crippen MR) is 58.5 cm³/mol. The van der Waals surface area contributed by atoms with Crippen LogP contribution in [0, 0.1) is 12.3 Å². The highest BCUT2D eigenvalue weighted by Gasteiger charge is 2.41. The van der Waals surface area contributed by atoms with E-state index in [1.807, 2.05) is 13.1 Å². The Bertz CT molecular complexity index is 330. The molecule has 0 amide bonds. The molecule has 4 nitrogen and oxygen atoms in total. The van der Waals surface area contributed by atoms with E-state index in [4.69, 9.17) is 0 Å². The minimum absolute atomic E-state index is 0.173. The normalized spacial score (nSPS) is 20.2. The molecule has 4 heteroatoms. The summed E-state index contributed by atoms with van der Waals surface area (Å²) in [4.78, 5) is 0. The van der Waals surface area contributed by atoms with Crippen LogP contribution in [0.3, 0.4) is 0 Å². The van der Waals surface area contributed by atoms with Crippen LogP contribution in [0.5, 0.6) is 0 Å². The van der Waals surface area contributed by atoms with Crippen LogP contribution in [0.25, 0.3) is 0 Å². The molecule has 1 unspecified atom stereocenters. The SMILES string of the molecule is Cc1[nH]ncc1C(C)NCC1(CO)CC1. The molecule has 0 bridgehead atoms. The number of nitrogens with zero attached hydrogens (tertiary/aromatic N) is 1. The van der Waals surface area contributed by atoms with Gasteiger partial charge >= 0.3 is 0 Å². The van der Waals surface area contributed by atoms with Gasteiger partial charge in [0.05, 0.1) is 6.20 Å². The van der Waals surface area contributed by atoms with Crippen LogP contribution in [-0.4, -0.2) is 28.5 Å². The molecule has 84 valence electrons. The molecule has 0 aliphatic heterocycles. The van der Waals surface area contributed by atoms with Crippen LogP contribution in [0.1, 0.15) is 37.1 Å². The first-order valence-electron chi connectivity index (χ1n) is 5.51. The maximum absolute atomic E-state index is 9.20. The number of hydrogen-bond acceptors (Lipinski definition) is 3. The van der Waals surface area contributed by atoms with Crippen molar-refractivity contribution in [3.05, 3.63) is 17.5 Å². The molecule has 1 saturated carbocycles. The van der Waals surface area contributed by atoms with Gasteiger partial charge in [-0.25, -0.2) is 0 Å². The fraction of sp³-hybridized carbons (Fsp3) is 0.727. The first-order valence-corrected chi connectivity index (χ1v) is 5.51. The van der Waals surface area contributed by atoms with Crippen molar-refractivity contribution in [2.24, 2.45) is 5.41 Å². The van der Waals surface area contributed by atoms with Gasteiger partial charge in [-0.05, 0) is 26.7 Å². The molecule has 1 aliphatic carbocycles. The minimum atomic E-state index is 0.173. The van der Waals surface area contributed by atoms with Crippen LogP contribution in [0.15, 0.2) is 6.20 Å². The molecule has 1 aliphatic rings. The standard InChI is InChI=1S/C11H19N3O/c1-8(10-5-13-14-9(10)2)12-6-11(7-15)3-4-11/h5,8,12,15H,3-4,6-7H2,1-2H3,(H,13,14). The largest absolute Gasteiger partial charge is 0.396 e.